The summed E-state index contributed by atoms with van der Waals surface area (Å²) in [5.74, 6) is 0.245. The summed E-state index contributed by atoms with van der Waals surface area (Å²) < 4.78 is 5.54. The molecule has 1 aliphatic heterocycles. The lowest BCUT2D eigenvalue weighted by atomic mass is 10.0. The van der Waals surface area contributed by atoms with Gasteiger partial charge in [0.2, 0.25) is 11.8 Å². The Morgan fingerprint density at radius 1 is 1.53 bits per heavy atom. The molecule has 0 aliphatic carbocycles. The van der Waals surface area contributed by atoms with Gasteiger partial charge in [0.1, 0.15) is 18.4 Å². The van der Waals surface area contributed by atoms with Crippen molar-refractivity contribution in [3.05, 3.63) is 23.8 Å². The minimum absolute atomic E-state index is 0.0325. The van der Waals surface area contributed by atoms with Crippen LogP contribution >= 0.6 is 0 Å². The average Bonchev–Trinajstić information content (AvgIpc) is 2.39. The smallest absolute Gasteiger partial charge is 0.238 e. The van der Waals surface area contributed by atoms with E-state index in [-0.39, 0.29) is 12.5 Å². The number of nitrogens with two attached hydrogens (primary N) is 1. The van der Waals surface area contributed by atoms with Crippen molar-refractivity contribution in [2.45, 2.75) is 18.9 Å². The number of rotatable bonds is 5. The van der Waals surface area contributed by atoms with Crippen LogP contribution in [0.2, 0.25) is 0 Å². The van der Waals surface area contributed by atoms with Crippen LogP contribution in [0.15, 0.2) is 18.2 Å². The zero-order valence-corrected chi connectivity index (χ0v) is 10.7. The van der Waals surface area contributed by atoms with Crippen molar-refractivity contribution in [1.29, 1.82) is 0 Å². The molecule has 1 unspecified atom stereocenters. The van der Waals surface area contributed by atoms with Crippen LogP contribution in [0.3, 0.4) is 0 Å². The molecule has 1 atom stereocenters. The van der Waals surface area contributed by atoms with Gasteiger partial charge in [0.25, 0.3) is 0 Å². The molecule has 1 heterocycles. The van der Waals surface area contributed by atoms with E-state index < -0.39 is 11.9 Å². The predicted octanol–water partition coefficient (Wildman–Crippen LogP) is 0.0234. The number of amides is 2. The minimum atomic E-state index is -0.518. The molecule has 0 saturated carbocycles. The molecule has 1 aliphatic rings. The highest BCUT2D eigenvalue weighted by molar-refractivity contribution is 5.94. The first-order valence-corrected chi connectivity index (χ1v) is 6.12. The van der Waals surface area contributed by atoms with Crippen LogP contribution in [0.1, 0.15) is 12.0 Å². The molecule has 2 amide bonds. The Kier molecular flexibility index (Phi) is 4.01. The van der Waals surface area contributed by atoms with E-state index in [0.29, 0.717) is 18.6 Å². The summed E-state index contributed by atoms with van der Waals surface area (Å²) in [6.45, 7) is 0.178. The van der Waals surface area contributed by atoms with E-state index in [2.05, 4.69) is 10.6 Å². The Hall–Kier alpha value is -2.08. The monoisotopic (exact) mass is 263 g/mol. The Balaban J connectivity index is 2.02. The highest BCUT2D eigenvalue weighted by atomic mass is 16.5. The highest BCUT2D eigenvalue weighted by Crippen LogP contribution is 2.26. The van der Waals surface area contributed by atoms with Crippen LogP contribution in [0, 0.1) is 0 Å². The number of anilines is 1. The van der Waals surface area contributed by atoms with Crippen molar-refractivity contribution in [1.82, 2.24) is 5.32 Å². The maximum absolute atomic E-state index is 11.2. The van der Waals surface area contributed by atoms with Gasteiger partial charge in [-0.05, 0) is 37.2 Å². The number of likely N-dealkylation sites (N-methyl/N-ethyl adjacent to an activating group) is 1. The van der Waals surface area contributed by atoms with Crippen LogP contribution in [-0.2, 0) is 16.0 Å². The summed E-state index contributed by atoms with van der Waals surface area (Å²) >= 11 is 0. The molecule has 19 heavy (non-hydrogen) atoms. The second-order valence-corrected chi connectivity index (χ2v) is 4.42. The largest absolute Gasteiger partial charge is 0.491 e. The molecule has 0 bridgehead atoms. The summed E-state index contributed by atoms with van der Waals surface area (Å²) in [4.78, 5) is 22.3. The quantitative estimate of drug-likeness (QED) is 0.698. The Labute approximate surface area is 111 Å². The fourth-order valence-corrected chi connectivity index (χ4v) is 1.94. The average molecular weight is 263 g/mol. The van der Waals surface area contributed by atoms with Crippen LogP contribution in [0.5, 0.6) is 5.75 Å². The minimum Gasteiger partial charge on any atom is -0.491 e. The second kappa shape index (κ2) is 5.71. The molecule has 0 radical (unpaired) electrons. The Morgan fingerprint density at radius 3 is 3.00 bits per heavy atom. The number of aryl methyl sites for hydroxylation is 1. The number of benzene rings is 1. The first-order chi connectivity index (χ1) is 9.10. The number of carbonyl (C=O) groups is 2. The third-order valence-corrected chi connectivity index (χ3v) is 3.08. The third-order valence-electron chi connectivity index (χ3n) is 3.08. The van der Waals surface area contributed by atoms with E-state index >= 15 is 0 Å². The number of hydrogen-bond donors (Lipinski definition) is 3. The van der Waals surface area contributed by atoms with E-state index in [0.717, 1.165) is 11.3 Å². The number of ether oxygens (including phenoxy) is 1. The standard InChI is InChI=1S/C13H17N3O3/c1-15-11(13(14)18)7-19-9-3-4-10-8(6-9)2-5-12(17)16-10/h3-4,6,11,15H,2,5,7H2,1H3,(H2,14,18)(H,16,17). The van der Waals surface area contributed by atoms with Gasteiger partial charge in [-0.1, -0.05) is 0 Å². The molecule has 1 aromatic carbocycles. The number of fused-ring (bicyclic) bond motifs is 1. The fourth-order valence-electron chi connectivity index (χ4n) is 1.94. The topological polar surface area (TPSA) is 93.4 Å². The maximum Gasteiger partial charge on any atom is 0.238 e. The molecule has 0 spiro atoms. The van der Waals surface area contributed by atoms with Gasteiger partial charge < -0.3 is 21.1 Å². The lowest BCUT2D eigenvalue weighted by Gasteiger charge is -2.18. The van der Waals surface area contributed by atoms with Crippen LogP contribution < -0.4 is 21.1 Å². The summed E-state index contributed by atoms with van der Waals surface area (Å²) in [6, 6.07) is 4.93. The van der Waals surface area contributed by atoms with E-state index in [1.807, 2.05) is 6.07 Å². The molecule has 6 nitrogen and oxygen atoms in total. The van der Waals surface area contributed by atoms with E-state index in [9.17, 15) is 9.59 Å². The van der Waals surface area contributed by atoms with Gasteiger partial charge in [0.05, 0.1) is 0 Å². The van der Waals surface area contributed by atoms with E-state index in [4.69, 9.17) is 10.5 Å². The summed E-state index contributed by atoms with van der Waals surface area (Å²) in [6.07, 6.45) is 1.18. The normalized spacial score (nSPS) is 15.3. The zero-order valence-electron chi connectivity index (χ0n) is 10.7. The molecule has 2 rings (SSSR count). The van der Waals surface area contributed by atoms with Crippen molar-refractivity contribution in [3.63, 3.8) is 0 Å². The van der Waals surface area contributed by atoms with Crippen LogP contribution in [0.4, 0.5) is 5.69 Å². The SMILES string of the molecule is CNC(COc1ccc2c(c1)CCC(=O)N2)C(N)=O. The van der Waals surface area contributed by atoms with Crippen molar-refractivity contribution < 1.29 is 14.3 Å². The fraction of sp³-hybridized carbons (Fsp3) is 0.385. The number of carbonyl (C=O) groups excluding carboxylic acids is 2. The van der Waals surface area contributed by atoms with E-state index in [1.165, 1.54) is 0 Å². The van der Waals surface area contributed by atoms with Crippen LogP contribution in [-0.4, -0.2) is 31.5 Å². The zero-order chi connectivity index (χ0) is 13.8. The van der Waals surface area contributed by atoms with Gasteiger partial charge in [0, 0.05) is 12.1 Å². The van der Waals surface area contributed by atoms with Crippen molar-refractivity contribution in [2.24, 2.45) is 5.73 Å². The molecular formula is C13H17N3O3. The Bertz CT molecular complexity index is 502. The molecule has 0 fully saturated rings. The predicted molar refractivity (Wildman–Crippen MR) is 70.9 cm³/mol. The van der Waals surface area contributed by atoms with E-state index in [1.54, 1.807) is 19.2 Å². The number of primary amides is 1. The maximum atomic E-state index is 11.2. The van der Waals surface area contributed by atoms with Crippen molar-refractivity contribution in [3.8, 4) is 5.75 Å². The summed E-state index contributed by atoms with van der Waals surface area (Å²) in [5, 5.41) is 5.58. The molecule has 4 N–H and O–H groups in total. The molecule has 0 aromatic heterocycles. The highest BCUT2D eigenvalue weighted by Gasteiger charge is 2.16. The molecule has 0 saturated heterocycles. The van der Waals surface area contributed by atoms with Gasteiger partial charge in [0.15, 0.2) is 0 Å². The third kappa shape index (κ3) is 3.23. The number of hydrogen-bond acceptors (Lipinski definition) is 4. The first kappa shape index (κ1) is 13.4. The number of nitrogens with one attached hydrogen (secondary N) is 2. The lowest BCUT2D eigenvalue weighted by Crippen LogP contribution is -2.43. The lowest BCUT2D eigenvalue weighted by molar-refractivity contribution is -0.120. The van der Waals surface area contributed by atoms with Crippen LogP contribution in [0.25, 0.3) is 0 Å². The molecular weight excluding hydrogens is 246 g/mol. The first-order valence-electron chi connectivity index (χ1n) is 6.12. The molecule has 102 valence electrons. The van der Waals surface area contributed by atoms with Gasteiger partial charge in [-0.3, -0.25) is 9.59 Å². The van der Waals surface area contributed by atoms with Gasteiger partial charge in [-0.2, -0.15) is 0 Å². The van der Waals surface area contributed by atoms with Gasteiger partial charge in [-0.25, -0.2) is 0 Å². The second-order valence-electron chi connectivity index (χ2n) is 4.42. The molecule has 1 aromatic rings. The van der Waals surface area contributed by atoms with Crippen molar-refractivity contribution >= 4 is 17.5 Å². The Morgan fingerprint density at radius 2 is 2.32 bits per heavy atom. The summed E-state index contributed by atoms with van der Waals surface area (Å²) in [5.41, 5.74) is 7.07. The van der Waals surface area contributed by atoms with Gasteiger partial charge >= 0.3 is 0 Å². The molecule has 6 heteroatoms. The van der Waals surface area contributed by atoms with Crippen molar-refractivity contribution in [2.75, 3.05) is 19.0 Å². The summed E-state index contributed by atoms with van der Waals surface area (Å²) in [7, 11) is 1.65. The van der Waals surface area contributed by atoms with Gasteiger partial charge in [-0.15, -0.1) is 0 Å².